The zero-order valence-corrected chi connectivity index (χ0v) is 21.3. The van der Waals surface area contributed by atoms with Crippen molar-refractivity contribution in [3.05, 3.63) is 102 Å². The Hall–Kier alpha value is -5.05. The van der Waals surface area contributed by atoms with Crippen molar-refractivity contribution in [2.45, 2.75) is 32.2 Å². The standard InChI is InChI=1S/C30H26N6O3/c1-18-6-2-3-7-20(18)16-32-30(39)36-27(19-10-11-19)15-25(35-36)22-14-21(12-13-28(22)37)33-29(38)26-17-31-23-8-4-5-9-24(23)34-26/h2-9,12-15,17,19,37H,10-11,16H2,1H3,(H,32,39)(H,33,38). The maximum Gasteiger partial charge on any atom is 0.342 e. The van der Waals surface area contributed by atoms with E-state index in [2.05, 4.69) is 25.7 Å². The lowest BCUT2D eigenvalue weighted by atomic mass is 10.1. The Morgan fingerprint density at radius 3 is 2.56 bits per heavy atom. The molecular formula is C30H26N6O3. The topological polar surface area (TPSA) is 122 Å². The third-order valence-corrected chi connectivity index (χ3v) is 6.83. The number of phenolic OH excluding ortho intramolecular Hbond substituents is 1. The molecule has 0 atom stereocenters. The van der Waals surface area contributed by atoms with Crippen LogP contribution in [0.4, 0.5) is 10.5 Å². The molecule has 1 aliphatic rings. The third kappa shape index (κ3) is 5.06. The summed E-state index contributed by atoms with van der Waals surface area (Å²) in [6.45, 7) is 2.39. The van der Waals surface area contributed by atoms with E-state index in [9.17, 15) is 14.7 Å². The summed E-state index contributed by atoms with van der Waals surface area (Å²) < 4.78 is 1.39. The van der Waals surface area contributed by atoms with Gasteiger partial charge in [-0.2, -0.15) is 9.78 Å². The number of aromatic nitrogens is 4. The number of aryl methyl sites for hydroxylation is 1. The van der Waals surface area contributed by atoms with E-state index in [0.717, 1.165) is 29.7 Å². The fourth-order valence-electron chi connectivity index (χ4n) is 4.49. The molecule has 9 nitrogen and oxygen atoms in total. The van der Waals surface area contributed by atoms with Crippen LogP contribution < -0.4 is 10.6 Å². The van der Waals surface area contributed by atoms with Crippen molar-refractivity contribution in [2.75, 3.05) is 5.32 Å². The molecule has 5 aromatic rings. The fraction of sp³-hybridized carbons (Fsp3) is 0.167. The Kier molecular flexibility index (Phi) is 6.24. The van der Waals surface area contributed by atoms with Gasteiger partial charge in [-0.3, -0.25) is 9.78 Å². The van der Waals surface area contributed by atoms with Crippen molar-refractivity contribution in [1.82, 2.24) is 25.1 Å². The molecule has 0 saturated heterocycles. The number of carbonyl (C=O) groups is 2. The summed E-state index contributed by atoms with van der Waals surface area (Å²) in [4.78, 5) is 34.7. The van der Waals surface area contributed by atoms with Crippen LogP contribution in [0.25, 0.3) is 22.3 Å². The molecule has 0 bridgehead atoms. The number of aromatic hydroxyl groups is 1. The molecular weight excluding hydrogens is 492 g/mol. The van der Waals surface area contributed by atoms with Gasteiger partial charge in [-0.15, -0.1) is 0 Å². The summed E-state index contributed by atoms with van der Waals surface area (Å²) >= 11 is 0. The number of fused-ring (bicyclic) bond motifs is 1. The van der Waals surface area contributed by atoms with Crippen LogP contribution >= 0.6 is 0 Å². The number of rotatable bonds is 6. The van der Waals surface area contributed by atoms with Gasteiger partial charge in [0.15, 0.2) is 0 Å². The highest BCUT2D eigenvalue weighted by Gasteiger charge is 2.31. The van der Waals surface area contributed by atoms with Crippen molar-refractivity contribution in [3.8, 4) is 17.0 Å². The Bertz CT molecular complexity index is 1720. The molecule has 1 fully saturated rings. The number of hydrogen-bond acceptors (Lipinski definition) is 6. The second kappa shape index (κ2) is 10.0. The molecule has 9 heteroatoms. The molecule has 1 aliphatic carbocycles. The Morgan fingerprint density at radius 2 is 1.77 bits per heavy atom. The molecule has 2 heterocycles. The number of nitrogens with one attached hydrogen (secondary N) is 2. The minimum atomic E-state index is -0.426. The van der Waals surface area contributed by atoms with Gasteiger partial charge in [0.25, 0.3) is 5.91 Å². The SMILES string of the molecule is Cc1ccccc1CNC(=O)n1nc(-c2cc(NC(=O)c3cnc4ccccc4n3)ccc2O)cc1C1CC1. The Balaban J connectivity index is 1.25. The number of benzene rings is 3. The Morgan fingerprint density at radius 1 is 1.00 bits per heavy atom. The van der Waals surface area contributed by atoms with E-state index in [-0.39, 0.29) is 23.4 Å². The quantitative estimate of drug-likeness (QED) is 0.259. The van der Waals surface area contributed by atoms with Crippen LogP contribution in [0.15, 0.2) is 79.0 Å². The molecule has 3 N–H and O–H groups in total. The molecule has 6 rings (SSSR count). The lowest BCUT2D eigenvalue weighted by Gasteiger charge is -2.10. The largest absolute Gasteiger partial charge is 0.507 e. The molecule has 1 saturated carbocycles. The first-order chi connectivity index (χ1) is 19.0. The zero-order chi connectivity index (χ0) is 26.9. The highest BCUT2D eigenvalue weighted by Crippen LogP contribution is 2.42. The van der Waals surface area contributed by atoms with Gasteiger partial charge in [0, 0.05) is 23.7 Å². The molecule has 2 aromatic heterocycles. The van der Waals surface area contributed by atoms with Gasteiger partial charge < -0.3 is 15.7 Å². The number of hydrogen-bond donors (Lipinski definition) is 3. The maximum atomic E-state index is 13.1. The van der Waals surface area contributed by atoms with E-state index in [4.69, 9.17) is 0 Å². The molecule has 0 aliphatic heterocycles. The first kappa shape index (κ1) is 24.3. The monoisotopic (exact) mass is 518 g/mol. The number of nitrogens with zero attached hydrogens (tertiary/aromatic N) is 4. The summed E-state index contributed by atoms with van der Waals surface area (Å²) in [5.74, 6) is -0.192. The average Bonchev–Trinajstić information content (AvgIpc) is 3.71. The summed E-state index contributed by atoms with van der Waals surface area (Å²) in [5.41, 5.74) is 5.73. The van der Waals surface area contributed by atoms with Crippen molar-refractivity contribution < 1.29 is 14.7 Å². The normalized spacial score (nSPS) is 12.8. The van der Waals surface area contributed by atoms with Gasteiger partial charge in [-0.25, -0.2) is 9.78 Å². The number of para-hydroxylation sites is 2. The first-order valence-electron chi connectivity index (χ1n) is 12.8. The Labute approximate surface area is 224 Å². The highest BCUT2D eigenvalue weighted by molar-refractivity contribution is 6.04. The van der Waals surface area contributed by atoms with Gasteiger partial charge >= 0.3 is 6.03 Å². The molecule has 194 valence electrons. The molecule has 0 radical (unpaired) electrons. The smallest absolute Gasteiger partial charge is 0.342 e. The number of anilines is 1. The highest BCUT2D eigenvalue weighted by atomic mass is 16.3. The van der Waals surface area contributed by atoms with Crippen LogP contribution in [0.1, 0.15) is 46.1 Å². The van der Waals surface area contributed by atoms with E-state index in [0.29, 0.717) is 34.5 Å². The molecule has 39 heavy (non-hydrogen) atoms. The van der Waals surface area contributed by atoms with Crippen LogP contribution in [-0.2, 0) is 6.54 Å². The fourth-order valence-corrected chi connectivity index (χ4v) is 4.49. The lowest BCUT2D eigenvalue weighted by Crippen LogP contribution is -2.30. The van der Waals surface area contributed by atoms with Crippen LogP contribution in [0, 0.1) is 6.92 Å². The second-order valence-electron chi connectivity index (χ2n) is 9.66. The number of phenols is 1. The minimum absolute atomic E-state index is 0.00851. The molecule has 2 amide bonds. The van der Waals surface area contributed by atoms with Crippen LogP contribution in [0.5, 0.6) is 5.75 Å². The zero-order valence-electron chi connectivity index (χ0n) is 21.3. The summed E-state index contributed by atoms with van der Waals surface area (Å²) in [7, 11) is 0. The van der Waals surface area contributed by atoms with Gasteiger partial charge in [-0.1, -0.05) is 36.4 Å². The van der Waals surface area contributed by atoms with Crippen LogP contribution in [0.2, 0.25) is 0 Å². The van der Waals surface area contributed by atoms with Gasteiger partial charge in [0.05, 0.1) is 28.6 Å². The van der Waals surface area contributed by atoms with E-state index < -0.39 is 5.91 Å². The first-order valence-corrected chi connectivity index (χ1v) is 12.8. The summed E-state index contributed by atoms with van der Waals surface area (Å²) in [6, 6.07) is 21.4. The van der Waals surface area contributed by atoms with Gasteiger partial charge in [0.1, 0.15) is 11.4 Å². The van der Waals surface area contributed by atoms with E-state index in [1.807, 2.05) is 55.5 Å². The lowest BCUT2D eigenvalue weighted by molar-refractivity contribution is 0.102. The van der Waals surface area contributed by atoms with Crippen LogP contribution in [0.3, 0.4) is 0 Å². The predicted octanol–water partition coefficient (Wildman–Crippen LogP) is 5.39. The maximum absolute atomic E-state index is 13.1. The minimum Gasteiger partial charge on any atom is -0.507 e. The van der Waals surface area contributed by atoms with Crippen molar-refractivity contribution in [3.63, 3.8) is 0 Å². The second-order valence-corrected chi connectivity index (χ2v) is 9.66. The molecule has 0 spiro atoms. The van der Waals surface area contributed by atoms with Crippen molar-refractivity contribution in [1.29, 1.82) is 0 Å². The number of amides is 2. The third-order valence-electron chi connectivity index (χ3n) is 6.83. The predicted molar refractivity (Wildman–Crippen MR) is 148 cm³/mol. The van der Waals surface area contributed by atoms with E-state index in [1.54, 1.807) is 18.2 Å². The van der Waals surface area contributed by atoms with Gasteiger partial charge in [-0.05, 0) is 67.3 Å². The van der Waals surface area contributed by atoms with Crippen LogP contribution in [-0.4, -0.2) is 36.8 Å². The van der Waals surface area contributed by atoms with Crippen molar-refractivity contribution >= 4 is 28.7 Å². The van der Waals surface area contributed by atoms with Crippen molar-refractivity contribution in [2.24, 2.45) is 0 Å². The van der Waals surface area contributed by atoms with E-state index in [1.165, 1.54) is 16.9 Å². The summed E-state index contributed by atoms with van der Waals surface area (Å²) in [5, 5.41) is 21.0. The average molecular weight is 519 g/mol. The number of carbonyl (C=O) groups excluding carboxylic acids is 2. The van der Waals surface area contributed by atoms with Gasteiger partial charge in [0.2, 0.25) is 0 Å². The molecule has 0 unspecified atom stereocenters. The summed E-state index contributed by atoms with van der Waals surface area (Å²) in [6.07, 6.45) is 3.38. The molecule has 3 aromatic carbocycles. The van der Waals surface area contributed by atoms with E-state index >= 15 is 0 Å².